The standard InChI is InChI=1S/C13H21N3O/c1-3-4-13(5-7-14-8-6-13)11(17)12-15-9-10-16(12)2/h9-10,14H,3-8H2,1-2H3. The summed E-state index contributed by atoms with van der Waals surface area (Å²) in [7, 11) is 1.89. The lowest BCUT2D eigenvalue weighted by atomic mass is 9.72. The number of carbonyl (C=O) groups is 1. The number of hydrogen-bond donors (Lipinski definition) is 1. The Balaban J connectivity index is 2.27. The highest BCUT2D eigenvalue weighted by atomic mass is 16.1. The normalized spacial score (nSPS) is 19.2. The van der Waals surface area contributed by atoms with Gasteiger partial charge in [-0.05, 0) is 32.4 Å². The third-order valence-electron chi connectivity index (χ3n) is 3.80. The van der Waals surface area contributed by atoms with Gasteiger partial charge in [0.2, 0.25) is 5.78 Å². The average Bonchev–Trinajstić information content (AvgIpc) is 2.76. The predicted octanol–water partition coefficient (Wildman–Crippen LogP) is 1.77. The van der Waals surface area contributed by atoms with Crippen molar-refractivity contribution >= 4 is 5.78 Å². The minimum absolute atomic E-state index is 0.181. The van der Waals surface area contributed by atoms with E-state index in [-0.39, 0.29) is 11.2 Å². The first-order chi connectivity index (χ1) is 8.19. The molecular weight excluding hydrogens is 214 g/mol. The number of nitrogens with zero attached hydrogens (tertiary/aromatic N) is 2. The van der Waals surface area contributed by atoms with E-state index in [4.69, 9.17) is 0 Å². The molecule has 0 bridgehead atoms. The molecule has 4 nitrogen and oxygen atoms in total. The topological polar surface area (TPSA) is 46.9 Å². The first-order valence-corrected chi connectivity index (χ1v) is 6.42. The molecule has 1 aromatic rings. The largest absolute Gasteiger partial charge is 0.332 e. The van der Waals surface area contributed by atoms with Crippen molar-refractivity contribution < 1.29 is 4.79 Å². The Kier molecular flexibility index (Phi) is 3.62. The first-order valence-electron chi connectivity index (χ1n) is 6.42. The zero-order valence-corrected chi connectivity index (χ0v) is 10.7. The Hall–Kier alpha value is -1.16. The summed E-state index contributed by atoms with van der Waals surface area (Å²) < 4.78 is 1.84. The molecule has 1 aromatic heterocycles. The second-order valence-electron chi connectivity index (χ2n) is 4.97. The van der Waals surface area contributed by atoms with Crippen molar-refractivity contribution in [1.29, 1.82) is 0 Å². The molecule has 0 atom stereocenters. The Morgan fingerprint density at radius 1 is 1.53 bits per heavy atom. The van der Waals surface area contributed by atoms with Crippen LogP contribution >= 0.6 is 0 Å². The monoisotopic (exact) mass is 235 g/mol. The molecule has 2 heterocycles. The first kappa shape index (κ1) is 12.3. The van der Waals surface area contributed by atoms with Crippen LogP contribution in [0.2, 0.25) is 0 Å². The lowest BCUT2D eigenvalue weighted by Crippen LogP contribution is -2.43. The highest BCUT2D eigenvalue weighted by molar-refractivity contribution is 5.97. The Labute approximate surface area is 102 Å². The quantitative estimate of drug-likeness (QED) is 0.809. The number of Topliss-reactive ketones (excluding diaryl/α,β-unsaturated/α-hetero) is 1. The fourth-order valence-corrected chi connectivity index (χ4v) is 2.80. The minimum atomic E-state index is -0.181. The fourth-order valence-electron chi connectivity index (χ4n) is 2.80. The number of aromatic nitrogens is 2. The summed E-state index contributed by atoms with van der Waals surface area (Å²) in [6, 6.07) is 0. The highest BCUT2D eigenvalue weighted by Gasteiger charge is 2.40. The molecule has 0 aliphatic carbocycles. The van der Waals surface area contributed by atoms with Crippen LogP contribution in [0.15, 0.2) is 12.4 Å². The van der Waals surface area contributed by atoms with Gasteiger partial charge >= 0.3 is 0 Å². The zero-order chi connectivity index (χ0) is 12.3. The number of piperidine rings is 1. The maximum Gasteiger partial charge on any atom is 0.204 e. The third-order valence-corrected chi connectivity index (χ3v) is 3.80. The minimum Gasteiger partial charge on any atom is -0.332 e. The molecule has 0 aromatic carbocycles. The van der Waals surface area contributed by atoms with Crippen LogP contribution in [0.25, 0.3) is 0 Å². The summed E-state index contributed by atoms with van der Waals surface area (Å²) in [6.07, 6.45) is 7.44. The van der Waals surface area contributed by atoms with E-state index >= 15 is 0 Å². The van der Waals surface area contributed by atoms with E-state index < -0.39 is 0 Å². The molecule has 17 heavy (non-hydrogen) atoms. The van der Waals surface area contributed by atoms with Crippen LogP contribution in [0.1, 0.15) is 43.2 Å². The fraction of sp³-hybridized carbons (Fsp3) is 0.692. The molecular formula is C13H21N3O. The number of aryl methyl sites for hydroxylation is 1. The van der Waals surface area contributed by atoms with Crippen LogP contribution < -0.4 is 5.32 Å². The zero-order valence-electron chi connectivity index (χ0n) is 10.7. The molecule has 0 spiro atoms. The van der Waals surface area contributed by atoms with Crippen LogP contribution in [-0.2, 0) is 7.05 Å². The van der Waals surface area contributed by atoms with Gasteiger partial charge in [0.15, 0.2) is 5.82 Å². The Bertz CT molecular complexity index is 386. The van der Waals surface area contributed by atoms with Crippen molar-refractivity contribution in [2.24, 2.45) is 12.5 Å². The molecule has 2 rings (SSSR count). The van der Waals surface area contributed by atoms with Gasteiger partial charge in [0.25, 0.3) is 0 Å². The average molecular weight is 235 g/mol. The van der Waals surface area contributed by atoms with Gasteiger partial charge < -0.3 is 9.88 Å². The summed E-state index contributed by atoms with van der Waals surface area (Å²) in [5.74, 6) is 0.841. The molecule has 1 aliphatic heterocycles. The number of ketones is 1. The van der Waals surface area contributed by atoms with Gasteiger partial charge in [-0.2, -0.15) is 0 Å². The second kappa shape index (κ2) is 5.00. The molecule has 94 valence electrons. The van der Waals surface area contributed by atoms with Gasteiger partial charge in [-0.25, -0.2) is 4.98 Å². The number of imidazole rings is 1. The summed E-state index contributed by atoms with van der Waals surface area (Å²) in [6.45, 7) is 4.03. The van der Waals surface area contributed by atoms with Crippen molar-refractivity contribution in [3.05, 3.63) is 18.2 Å². The van der Waals surface area contributed by atoms with Gasteiger partial charge in [0.1, 0.15) is 0 Å². The van der Waals surface area contributed by atoms with E-state index in [1.165, 1.54) is 0 Å². The number of rotatable bonds is 4. The van der Waals surface area contributed by atoms with Crippen LogP contribution in [-0.4, -0.2) is 28.4 Å². The van der Waals surface area contributed by atoms with Crippen LogP contribution in [0, 0.1) is 5.41 Å². The predicted molar refractivity (Wildman–Crippen MR) is 67.0 cm³/mol. The molecule has 1 aliphatic rings. The van der Waals surface area contributed by atoms with Crippen LogP contribution in [0.3, 0.4) is 0 Å². The molecule has 0 unspecified atom stereocenters. The van der Waals surface area contributed by atoms with Gasteiger partial charge in [-0.3, -0.25) is 4.79 Å². The van der Waals surface area contributed by atoms with Crippen molar-refractivity contribution in [3.8, 4) is 0 Å². The van der Waals surface area contributed by atoms with Crippen molar-refractivity contribution in [2.75, 3.05) is 13.1 Å². The van der Waals surface area contributed by atoms with Gasteiger partial charge in [-0.15, -0.1) is 0 Å². The number of carbonyl (C=O) groups excluding carboxylic acids is 1. The molecule has 4 heteroatoms. The second-order valence-corrected chi connectivity index (χ2v) is 4.97. The van der Waals surface area contributed by atoms with Crippen molar-refractivity contribution in [3.63, 3.8) is 0 Å². The molecule has 1 fully saturated rings. The SMILES string of the molecule is CCCC1(C(=O)c2nccn2C)CCNCC1. The van der Waals surface area contributed by atoms with Crippen molar-refractivity contribution in [2.45, 2.75) is 32.6 Å². The summed E-state index contributed by atoms with van der Waals surface area (Å²) in [4.78, 5) is 16.9. The Morgan fingerprint density at radius 3 is 2.76 bits per heavy atom. The number of hydrogen-bond acceptors (Lipinski definition) is 3. The van der Waals surface area contributed by atoms with Crippen LogP contribution in [0.4, 0.5) is 0 Å². The van der Waals surface area contributed by atoms with Crippen molar-refractivity contribution in [1.82, 2.24) is 14.9 Å². The van der Waals surface area contributed by atoms with E-state index in [2.05, 4.69) is 17.2 Å². The summed E-state index contributed by atoms with van der Waals surface area (Å²) in [5, 5.41) is 3.33. The van der Waals surface area contributed by atoms with Gasteiger partial charge in [0.05, 0.1) is 0 Å². The van der Waals surface area contributed by atoms with E-state index in [1.807, 2.05) is 17.8 Å². The Morgan fingerprint density at radius 2 is 2.24 bits per heavy atom. The van der Waals surface area contributed by atoms with Crippen LogP contribution in [0.5, 0.6) is 0 Å². The molecule has 0 saturated carbocycles. The third kappa shape index (κ3) is 2.27. The summed E-state index contributed by atoms with van der Waals surface area (Å²) in [5.41, 5.74) is -0.181. The molecule has 0 amide bonds. The van der Waals surface area contributed by atoms with E-state index in [0.29, 0.717) is 5.82 Å². The highest BCUT2D eigenvalue weighted by Crippen LogP contribution is 2.37. The van der Waals surface area contributed by atoms with E-state index in [9.17, 15) is 4.79 Å². The van der Waals surface area contributed by atoms with Gasteiger partial charge in [-0.1, -0.05) is 13.3 Å². The van der Waals surface area contributed by atoms with Gasteiger partial charge in [0, 0.05) is 24.9 Å². The summed E-state index contributed by atoms with van der Waals surface area (Å²) >= 11 is 0. The molecule has 1 saturated heterocycles. The maximum absolute atomic E-state index is 12.7. The lowest BCUT2D eigenvalue weighted by molar-refractivity contribution is 0.0688. The molecule has 0 radical (unpaired) electrons. The van der Waals surface area contributed by atoms with E-state index in [0.717, 1.165) is 38.8 Å². The molecule has 1 N–H and O–H groups in total. The lowest BCUT2D eigenvalue weighted by Gasteiger charge is -2.35. The van der Waals surface area contributed by atoms with E-state index in [1.54, 1.807) is 6.20 Å². The number of nitrogens with one attached hydrogen (secondary N) is 1. The smallest absolute Gasteiger partial charge is 0.204 e. The maximum atomic E-state index is 12.7.